The molecule has 4 rings (SSSR count). The Labute approximate surface area is 175 Å². The molecule has 0 radical (unpaired) electrons. The maximum atomic E-state index is 12.5. The van der Waals surface area contributed by atoms with E-state index in [2.05, 4.69) is 10.3 Å². The van der Waals surface area contributed by atoms with Gasteiger partial charge in [0.25, 0.3) is 0 Å². The van der Waals surface area contributed by atoms with Gasteiger partial charge in [-0.25, -0.2) is 4.98 Å². The van der Waals surface area contributed by atoms with E-state index >= 15 is 0 Å². The topological polar surface area (TPSA) is 96.6 Å². The van der Waals surface area contributed by atoms with Gasteiger partial charge in [0, 0.05) is 37.1 Å². The smallest absolute Gasteiger partial charge is 0.229 e. The first-order valence-electron chi connectivity index (χ1n) is 9.64. The van der Waals surface area contributed by atoms with Crippen LogP contribution in [-0.2, 0) is 4.79 Å². The summed E-state index contributed by atoms with van der Waals surface area (Å²) in [7, 11) is 3.38. The lowest BCUT2D eigenvalue weighted by molar-refractivity contribution is -0.118. The van der Waals surface area contributed by atoms with Gasteiger partial charge in [-0.15, -0.1) is 0 Å². The first-order chi connectivity index (χ1) is 14.5. The second kappa shape index (κ2) is 7.90. The van der Waals surface area contributed by atoms with E-state index in [0.717, 1.165) is 28.4 Å². The summed E-state index contributed by atoms with van der Waals surface area (Å²) in [5, 5.41) is 3.23. The molecule has 1 amide bonds. The molecule has 154 valence electrons. The molecule has 30 heavy (non-hydrogen) atoms. The van der Waals surface area contributed by atoms with E-state index in [1.807, 2.05) is 54.3 Å². The Kier molecular flexibility index (Phi) is 5.14. The monoisotopic (exact) mass is 404 g/mol. The van der Waals surface area contributed by atoms with Gasteiger partial charge in [0.2, 0.25) is 11.9 Å². The molecular weight excluding hydrogens is 380 g/mol. The number of nitrogens with two attached hydrogens (primary N) is 1. The van der Waals surface area contributed by atoms with Gasteiger partial charge in [0.15, 0.2) is 5.82 Å². The molecule has 2 aromatic carbocycles. The molecule has 0 unspecified atom stereocenters. The van der Waals surface area contributed by atoms with Gasteiger partial charge in [-0.05, 0) is 55.0 Å². The quantitative estimate of drug-likeness (QED) is 0.641. The lowest BCUT2D eigenvalue weighted by atomic mass is 10.2. The third-order valence-corrected chi connectivity index (χ3v) is 5.20. The van der Waals surface area contributed by atoms with E-state index in [-0.39, 0.29) is 5.91 Å². The average Bonchev–Trinajstić information content (AvgIpc) is 2.87. The number of rotatable bonds is 4. The molecule has 0 bridgehead atoms. The van der Waals surface area contributed by atoms with E-state index in [1.54, 1.807) is 25.3 Å². The van der Waals surface area contributed by atoms with Crippen LogP contribution in [0.15, 0.2) is 48.7 Å². The summed E-state index contributed by atoms with van der Waals surface area (Å²) in [4.78, 5) is 25.3. The highest BCUT2D eigenvalue weighted by atomic mass is 16.5. The molecule has 1 aliphatic rings. The largest absolute Gasteiger partial charge is 0.497 e. The minimum atomic E-state index is 0.0192. The Bertz CT molecular complexity index is 1080. The number of hydrogen-bond donors (Lipinski definition) is 2. The zero-order valence-corrected chi connectivity index (χ0v) is 17.2. The van der Waals surface area contributed by atoms with E-state index < -0.39 is 0 Å². The number of benzene rings is 2. The minimum Gasteiger partial charge on any atom is -0.497 e. The number of ether oxygens (including phenoxy) is 1. The number of nitrogen functional groups attached to an aromatic ring is 1. The molecule has 1 aromatic heterocycles. The summed E-state index contributed by atoms with van der Waals surface area (Å²) >= 11 is 0. The highest BCUT2D eigenvalue weighted by Crippen LogP contribution is 2.36. The van der Waals surface area contributed by atoms with Gasteiger partial charge in [0.05, 0.1) is 13.3 Å². The first kappa shape index (κ1) is 19.5. The van der Waals surface area contributed by atoms with Gasteiger partial charge < -0.3 is 25.6 Å². The van der Waals surface area contributed by atoms with Crippen molar-refractivity contribution in [2.45, 2.75) is 13.3 Å². The Morgan fingerprint density at radius 1 is 1.17 bits per heavy atom. The number of amides is 1. The molecule has 8 nitrogen and oxygen atoms in total. The molecule has 0 aliphatic carbocycles. The van der Waals surface area contributed by atoms with Crippen LogP contribution in [0.5, 0.6) is 5.75 Å². The molecule has 0 atom stereocenters. The summed E-state index contributed by atoms with van der Waals surface area (Å²) in [6.45, 7) is 2.46. The summed E-state index contributed by atoms with van der Waals surface area (Å²) in [6.07, 6.45) is 2.05. The van der Waals surface area contributed by atoms with Crippen molar-refractivity contribution in [3.63, 3.8) is 0 Å². The van der Waals surface area contributed by atoms with E-state index in [1.165, 1.54) is 0 Å². The van der Waals surface area contributed by atoms with Crippen LogP contribution < -0.4 is 25.6 Å². The third kappa shape index (κ3) is 3.71. The van der Waals surface area contributed by atoms with Crippen molar-refractivity contribution in [2.75, 3.05) is 41.6 Å². The lowest BCUT2D eigenvalue weighted by Crippen LogP contribution is -2.25. The van der Waals surface area contributed by atoms with Crippen LogP contribution in [0.25, 0.3) is 0 Å². The highest BCUT2D eigenvalue weighted by molar-refractivity contribution is 5.98. The van der Waals surface area contributed by atoms with E-state index in [4.69, 9.17) is 15.5 Å². The maximum absolute atomic E-state index is 12.5. The molecule has 0 saturated heterocycles. The number of nitrogens with zero attached hydrogens (tertiary/aromatic N) is 4. The van der Waals surface area contributed by atoms with Crippen molar-refractivity contribution in [3.8, 4) is 5.75 Å². The zero-order valence-electron chi connectivity index (χ0n) is 17.2. The molecular formula is C22H24N6O2. The number of aryl methyl sites for hydroxylation is 1. The van der Waals surface area contributed by atoms with Gasteiger partial charge in [-0.1, -0.05) is 0 Å². The number of anilines is 6. The van der Waals surface area contributed by atoms with Gasteiger partial charge in [0.1, 0.15) is 11.4 Å². The standard InChI is InChI=1S/C22H24N6O2/c1-14-12-15(4-9-18(14)23)25-22-24-13-19-21(26-22)28(11-10-20(29)27(19)2)16-5-7-17(30-3)8-6-16/h4-9,12-13H,10-11,23H2,1-3H3,(H,24,25,26). The zero-order chi connectivity index (χ0) is 21.3. The van der Waals surface area contributed by atoms with Crippen molar-refractivity contribution in [1.29, 1.82) is 0 Å². The second-order valence-electron chi connectivity index (χ2n) is 7.15. The predicted octanol–water partition coefficient (Wildman–Crippen LogP) is 3.62. The molecule has 0 spiro atoms. The number of fused-ring (bicyclic) bond motifs is 1. The van der Waals surface area contributed by atoms with Crippen LogP contribution in [-0.4, -0.2) is 36.6 Å². The van der Waals surface area contributed by atoms with E-state index in [0.29, 0.717) is 30.4 Å². The lowest BCUT2D eigenvalue weighted by Gasteiger charge is -2.24. The number of hydrogen-bond acceptors (Lipinski definition) is 7. The molecule has 1 aliphatic heterocycles. The van der Waals surface area contributed by atoms with Crippen molar-refractivity contribution >= 4 is 40.4 Å². The normalized spacial score (nSPS) is 13.6. The van der Waals surface area contributed by atoms with Gasteiger partial charge in [-0.2, -0.15) is 4.98 Å². The fourth-order valence-corrected chi connectivity index (χ4v) is 3.37. The summed E-state index contributed by atoms with van der Waals surface area (Å²) in [5.41, 5.74) is 10.0. The summed E-state index contributed by atoms with van der Waals surface area (Å²) in [6, 6.07) is 13.4. The van der Waals surface area contributed by atoms with Gasteiger partial charge >= 0.3 is 0 Å². The fourth-order valence-electron chi connectivity index (χ4n) is 3.37. The number of nitrogens with one attached hydrogen (secondary N) is 1. The average molecular weight is 404 g/mol. The van der Waals surface area contributed by atoms with Crippen LogP contribution in [0.3, 0.4) is 0 Å². The molecule has 0 saturated carbocycles. The van der Waals surface area contributed by atoms with Crippen molar-refractivity contribution in [1.82, 2.24) is 9.97 Å². The SMILES string of the molecule is COc1ccc(N2CCC(=O)N(C)c3cnc(Nc4ccc(N)c(C)c4)nc32)cc1. The Hall–Kier alpha value is -3.81. The number of methoxy groups -OCH3 is 1. The Balaban J connectivity index is 1.74. The molecule has 0 fully saturated rings. The Morgan fingerprint density at radius 3 is 2.63 bits per heavy atom. The molecule has 2 heterocycles. The molecule has 8 heteroatoms. The minimum absolute atomic E-state index is 0.0192. The van der Waals surface area contributed by atoms with Crippen LogP contribution in [0.4, 0.5) is 34.5 Å². The number of carbonyl (C=O) groups is 1. The highest BCUT2D eigenvalue weighted by Gasteiger charge is 2.27. The van der Waals surface area contributed by atoms with Gasteiger partial charge in [-0.3, -0.25) is 4.79 Å². The van der Waals surface area contributed by atoms with Crippen LogP contribution in [0, 0.1) is 6.92 Å². The van der Waals surface area contributed by atoms with Crippen LogP contribution in [0.2, 0.25) is 0 Å². The molecule has 3 aromatic rings. The molecule has 3 N–H and O–H groups in total. The Morgan fingerprint density at radius 2 is 1.93 bits per heavy atom. The third-order valence-electron chi connectivity index (χ3n) is 5.20. The number of aromatic nitrogens is 2. The van der Waals surface area contributed by atoms with Crippen molar-refractivity contribution in [3.05, 3.63) is 54.2 Å². The summed E-state index contributed by atoms with van der Waals surface area (Å²) in [5.74, 6) is 1.90. The summed E-state index contributed by atoms with van der Waals surface area (Å²) < 4.78 is 5.26. The van der Waals surface area contributed by atoms with Crippen molar-refractivity contribution < 1.29 is 9.53 Å². The van der Waals surface area contributed by atoms with Crippen LogP contribution >= 0.6 is 0 Å². The maximum Gasteiger partial charge on any atom is 0.229 e. The fraction of sp³-hybridized carbons (Fsp3) is 0.227. The van der Waals surface area contributed by atoms with E-state index in [9.17, 15) is 4.79 Å². The second-order valence-corrected chi connectivity index (χ2v) is 7.15. The van der Waals surface area contributed by atoms with Crippen molar-refractivity contribution in [2.24, 2.45) is 0 Å². The number of carbonyl (C=O) groups excluding carboxylic acids is 1. The van der Waals surface area contributed by atoms with Crippen LogP contribution in [0.1, 0.15) is 12.0 Å². The first-order valence-corrected chi connectivity index (χ1v) is 9.64. The predicted molar refractivity (Wildman–Crippen MR) is 119 cm³/mol.